The van der Waals surface area contributed by atoms with Crippen molar-refractivity contribution in [2.24, 2.45) is 0 Å². The lowest BCUT2D eigenvalue weighted by atomic mass is 10.2. The highest BCUT2D eigenvalue weighted by atomic mass is 32.2. The molecule has 1 aromatic carbocycles. The van der Waals surface area contributed by atoms with Gasteiger partial charge in [-0.1, -0.05) is 6.58 Å². The number of rotatable bonds is 9. The first-order valence-electron chi connectivity index (χ1n) is 6.70. The lowest BCUT2D eigenvalue weighted by molar-refractivity contribution is -0.385. The Morgan fingerprint density at radius 2 is 1.91 bits per heavy atom. The minimum Gasteiger partial charge on any atom is -0.493 e. The zero-order valence-corrected chi connectivity index (χ0v) is 14.1. The van der Waals surface area contributed by atoms with E-state index in [4.69, 9.17) is 14.2 Å². The number of ether oxygens (including phenoxy) is 3. The maximum Gasteiger partial charge on any atom is 0.333 e. The number of esters is 1. The fraction of sp³-hybridized carbons (Fsp3) is 0.400. The molecule has 0 heterocycles. The van der Waals surface area contributed by atoms with E-state index in [0.717, 1.165) is 0 Å². The van der Waals surface area contributed by atoms with Crippen LogP contribution in [0.3, 0.4) is 0 Å². The molecular formula is C15H19NO6S. The SMILES string of the molecule is C=C(C)C(=O)OCCSCc1cc(OC)c(OC)cc1[N+](=O)[O-]. The number of thioether (sulfide) groups is 1. The van der Waals surface area contributed by atoms with Crippen LogP contribution in [0.2, 0.25) is 0 Å². The molecule has 0 amide bonds. The lowest BCUT2D eigenvalue weighted by Gasteiger charge is -2.10. The van der Waals surface area contributed by atoms with Crippen LogP contribution in [0.1, 0.15) is 12.5 Å². The average Bonchev–Trinajstić information content (AvgIpc) is 2.53. The van der Waals surface area contributed by atoms with Crippen LogP contribution < -0.4 is 9.47 Å². The number of nitrogens with zero attached hydrogens (tertiary/aromatic N) is 1. The van der Waals surface area contributed by atoms with Gasteiger partial charge < -0.3 is 14.2 Å². The van der Waals surface area contributed by atoms with Crippen molar-refractivity contribution in [3.63, 3.8) is 0 Å². The molecule has 8 heteroatoms. The van der Waals surface area contributed by atoms with E-state index >= 15 is 0 Å². The quantitative estimate of drug-likeness (QED) is 0.224. The first-order valence-corrected chi connectivity index (χ1v) is 7.85. The van der Waals surface area contributed by atoms with Crippen molar-refractivity contribution in [1.82, 2.24) is 0 Å². The lowest BCUT2D eigenvalue weighted by Crippen LogP contribution is -2.07. The minimum absolute atomic E-state index is 0.0333. The molecular weight excluding hydrogens is 322 g/mol. The van der Waals surface area contributed by atoms with E-state index in [9.17, 15) is 14.9 Å². The molecule has 23 heavy (non-hydrogen) atoms. The van der Waals surface area contributed by atoms with E-state index in [1.54, 1.807) is 13.0 Å². The summed E-state index contributed by atoms with van der Waals surface area (Å²) in [5.41, 5.74) is 0.823. The molecule has 7 nitrogen and oxygen atoms in total. The van der Waals surface area contributed by atoms with Crippen molar-refractivity contribution in [1.29, 1.82) is 0 Å². The van der Waals surface area contributed by atoms with Crippen molar-refractivity contribution in [2.45, 2.75) is 12.7 Å². The molecule has 0 saturated heterocycles. The summed E-state index contributed by atoms with van der Waals surface area (Å²) in [5, 5.41) is 11.2. The standard InChI is InChI=1S/C15H19NO6S/c1-10(2)15(17)22-5-6-23-9-11-7-13(20-3)14(21-4)8-12(11)16(18)19/h7-8H,1,5-6,9H2,2-4H3. The molecule has 0 aliphatic rings. The molecule has 0 N–H and O–H groups in total. The number of nitro groups is 1. The number of hydrogen-bond donors (Lipinski definition) is 0. The summed E-state index contributed by atoms with van der Waals surface area (Å²) in [6.07, 6.45) is 0. The van der Waals surface area contributed by atoms with Crippen LogP contribution in [-0.4, -0.2) is 37.5 Å². The van der Waals surface area contributed by atoms with Crippen LogP contribution in [0.25, 0.3) is 0 Å². The Morgan fingerprint density at radius 3 is 2.43 bits per heavy atom. The summed E-state index contributed by atoms with van der Waals surface area (Å²) < 4.78 is 15.2. The molecule has 1 aromatic rings. The van der Waals surface area contributed by atoms with Gasteiger partial charge >= 0.3 is 5.97 Å². The van der Waals surface area contributed by atoms with Gasteiger partial charge in [0.2, 0.25) is 0 Å². The van der Waals surface area contributed by atoms with Crippen LogP contribution >= 0.6 is 11.8 Å². The van der Waals surface area contributed by atoms with Crippen molar-refractivity contribution in [3.05, 3.63) is 40.0 Å². The van der Waals surface area contributed by atoms with Crippen LogP contribution in [-0.2, 0) is 15.3 Å². The monoisotopic (exact) mass is 341 g/mol. The molecule has 0 aliphatic heterocycles. The van der Waals surface area contributed by atoms with Crippen LogP contribution in [0, 0.1) is 10.1 Å². The van der Waals surface area contributed by atoms with Crippen LogP contribution in [0.5, 0.6) is 11.5 Å². The third-order valence-corrected chi connectivity index (χ3v) is 3.82. The fourth-order valence-electron chi connectivity index (χ4n) is 1.69. The van der Waals surface area contributed by atoms with Gasteiger partial charge in [-0.05, 0) is 13.0 Å². The molecule has 1 rings (SSSR count). The van der Waals surface area contributed by atoms with E-state index in [1.807, 2.05) is 0 Å². The number of carbonyl (C=O) groups is 1. The molecule has 0 fully saturated rings. The minimum atomic E-state index is -0.459. The summed E-state index contributed by atoms with van der Waals surface area (Å²) in [6, 6.07) is 2.93. The Labute approximate surface area is 138 Å². The zero-order chi connectivity index (χ0) is 17.4. The zero-order valence-electron chi connectivity index (χ0n) is 13.3. The molecule has 0 atom stereocenters. The van der Waals surface area contributed by atoms with Crippen LogP contribution in [0.4, 0.5) is 5.69 Å². The molecule has 0 aromatic heterocycles. The normalized spacial score (nSPS) is 10.0. The molecule has 0 spiro atoms. The van der Waals surface area contributed by atoms with Gasteiger partial charge in [0.05, 0.1) is 25.2 Å². The first kappa shape index (κ1) is 18.8. The van der Waals surface area contributed by atoms with Gasteiger partial charge in [-0.3, -0.25) is 10.1 Å². The highest BCUT2D eigenvalue weighted by Crippen LogP contribution is 2.36. The number of benzene rings is 1. The van der Waals surface area contributed by atoms with Crippen molar-refractivity contribution in [3.8, 4) is 11.5 Å². The van der Waals surface area contributed by atoms with E-state index in [0.29, 0.717) is 34.1 Å². The molecule has 0 radical (unpaired) electrons. The Hall–Kier alpha value is -2.22. The van der Waals surface area contributed by atoms with Gasteiger partial charge in [0.1, 0.15) is 6.61 Å². The van der Waals surface area contributed by atoms with Gasteiger partial charge in [-0.15, -0.1) is 0 Å². The van der Waals surface area contributed by atoms with E-state index in [-0.39, 0.29) is 12.3 Å². The predicted molar refractivity (Wildman–Crippen MR) is 88.1 cm³/mol. The van der Waals surface area contributed by atoms with Gasteiger partial charge in [0, 0.05) is 22.6 Å². The third-order valence-electron chi connectivity index (χ3n) is 2.85. The molecule has 0 saturated carbocycles. The Morgan fingerprint density at radius 1 is 1.30 bits per heavy atom. The molecule has 0 aliphatic carbocycles. The smallest absolute Gasteiger partial charge is 0.333 e. The number of nitro benzene ring substituents is 1. The van der Waals surface area contributed by atoms with Gasteiger partial charge in [-0.25, -0.2) is 4.79 Å². The topological polar surface area (TPSA) is 87.9 Å². The Balaban J connectivity index is 2.70. The first-order chi connectivity index (χ1) is 10.9. The number of methoxy groups -OCH3 is 2. The predicted octanol–water partition coefficient (Wildman–Crippen LogP) is 2.96. The highest BCUT2D eigenvalue weighted by molar-refractivity contribution is 7.98. The largest absolute Gasteiger partial charge is 0.493 e. The second kappa shape index (κ2) is 9.04. The average molecular weight is 341 g/mol. The second-order valence-corrected chi connectivity index (χ2v) is 5.67. The summed E-state index contributed by atoms with van der Waals surface area (Å²) in [7, 11) is 2.89. The number of carbonyl (C=O) groups excluding carboxylic acids is 1. The maximum atomic E-state index is 11.2. The maximum absolute atomic E-state index is 11.2. The van der Waals surface area contributed by atoms with Gasteiger partial charge in [0.15, 0.2) is 11.5 Å². The summed E-state index contributed by atoms with van der Waals surface area (Å²) in [5.74, 6) is 1.21. The summed E-state index contributed by atoms with van der Waals surface area (Å²) >= 11 is 1.42. The van der Waals surface area contributed by atoms with Crippen molar-refractivity contribution >= 4 is 23.4 Å². The fourth-order valence-corrected chi connectivity index (χ4v) is 2.49. The van der Waals surface area contributed by atoms with E-state index < -0.39 is 10.9 Å². The Bertz CT molecular complexity index is 602. The van der Waals surface area contributed by atoms with E-state index in [1.165, 1.54) is 32.0 Å². The van der Waals surface area contributed by atoms with Crippen molar-refractivity contribution in [2.75, 3.05) is 26.6 Å². The molecule has 0 unspecified atom stereocenters. The number of hydrogen-bond acceptors (Lipinski definition) is 7. The van der Waals surface area contributed by atoms with Gasteiger partial charge in [-0.2, -0.15) is 11.8 Å². The molecule has 0 bridgehead atoms. The molecule has 126 valence electrons. The summed E-state index contributed by atoms with van der Waals surface area (Å²) in [6.45, 7) is 5.28. The Kier molecular flexibility index (Phi) is 7.40. The van der Waals surface area contributed by atoms with Crippen molar-refractivity contribution < 1.29 is 23.9 Å². The van der Waals surface area contributed by atoms with Crippen LogP contribution in [0.15, 0.2) is 24.3 Å². The highest BCUT2D eigenvalue weighted by Gasteiger charge is 2.19. The second-order valence-electron chi connectivity index (χ2n) is 4.56. The van der Waals surface area contributed by atoms with Gasteiger partial charge in [0.25, 0.3) is 5.69 Å². The third kappa shape index (κ3) is 5.48. The summed E-state index contributed by atoms with van der Waals surface area (Å²) in [4.78, 5) is 21.9. The van der Waals surface area contributed by atoms with E-state index in [2.05, 4.69) is 6.58 Å².